The van der Waals surface area contributed by atoms with Gasteiger partial charge in [-0.1, -0.05) is 22.9 Å². The number of ether oxygens (including phenoxy) is 1. The van der Waals surface area contributed by atoms with Crippen LogP contribution in [0.1, 0.15) is 30.1 Å². The summed E-state index contributed by atoms with van der Waals surface area (Å²) < 4.78 is 8.68. The molecule has 0 aliphatic carbocycles. The Morgan fingerprint density at radius 1 is 1.25 bits per heavy atom. The maximum atomic E-state index is 11.7. The lowest BCUT2D eigenvalue weighted by Gasteiger charge is -2.07. The summed E-state index contributed by atoms with van der Waals surface area (Å²) in [5.41, 5.74) is 0.787. The van der Waals surface area contributed by atoms with Gasteiger partial charge in [0.15, 0.2) is 5.78 Å². The molecule has 3 nitrogen and oxygen atoms in total. The van der Waals surface area contributed by atoms with Crippen molar-refractivity contribution in [3.8, 4) is 5.75 Å². The predicted molar refractivity (Wildman–Crippen MR) is 83.3 cm³/mol. The monoisotopic (exact) mass is 335 g/mol. The van der Waals surface area contributed by atoms with Crippen LogP contribution in [0.15, 0.2) is 47.2 Å². The molecule has 2 rings (SSSR count). The Kier molecular flexibility index (Phi) is 5.41. The first-order valence-electron chi connectivity index (χ1n) is 6.76. The van der Waals surface area contributed by atoms with Crippen LogP contribution in [-0.2, 0) is 6.54 Å². The van der Waals surface area contributed by atoms with E-state index in [4.69, 9.17) is 4.74 Å². The smallest absolute Gasteiger partial charge is 0.164 e. The zero-order chi connectivity index (χ0) is 14.4. The highest BCUT2D eigenvalue weighted by atomic mass is 79.9. The lowest BCUT2D eigenvalue weighted by molar-refractivity contribution is 0.0981. The van der Waals surface area contributed by atoms with Crippen molar-refractivity contribution in [2.24, 2.45) is 0 Å². The fourth-order valence-corrected chi connectivity index (χ4v) is 2.18. The molecule has 0 aliphatic rings. The van der Waals surface area contributed by atoms with Crippen molar-refractivity contribution in [2.75, 3.05) is 6.61 Å². The molecule has 0 spiro atoms. The van der Waals surface area contributed by atoms with Gasteiger partial charge in [-0.05, 0) is 36.8 Å². The van der Waals surface area contributed by atoms with Gasteiger partial charge in [-0.15, -0.1) is 0 Å². The van der Waals surface area contributed by atoms with Gasteiger partial charge in [-0.25, -0.2) is 0 Å². The van der Waals surface area contributed by atoms with Gasteiger partial charge in [0, 0.05) is 28.9 Å². The molecule has 1 heterocycles. The molecule has 1 aromatic carbocycles. The number of hydrogen-bond acceptors (Lipinski definition) is 2. The van der Waals surface area contributed by atoms with E-state index in [-0.39, 0.29) is 5.78 Å². The quantitative estimate of drug-likeness (QED) is 0.706. The third-order valence-electron chi connectivity index (χ3n) is 2.98. The molecule has 106 valence electrons. The third kappa shape index (κ3) is 4.23. The van der Waals surface area contributed by atoms with E-state index in [1.54, 1.807) is 0 Å². The Balaban J connectivity index is 1.82. The minimum Gasteiger partial charge on any atom is -0.492 e. The lowest BCUT2D eigenvalue weighted by atomic mass is 10.1. The van der Waals surface area contributed by atoms with E-state index < -0.39 is 0 Å². The van der Waals surface area contributed by atoms with Gasteiger partial charge in [-0.2, -0.15) is 0 Å². The summed E-state index contributed by atoms with van der Waals surface area (Å²) >= 11 is 3.39. The van der Waals surface area contributed by atoms with Gasteiger partial charge < -0.3 is 9.30 Å². The van der Waals surface area contributed by atoms with Crippen LogP contribution in [0.3, 0.4) is 0 Å². The number of aromatic nitrogens is 1. The summed E-state index contributed by atoms with van der Waals surface area (Å²) in [4.78, 5) is 11.7. The Morgan fingerprint density at radius 3 is 2.70 bits per heavy atom. The molecule has 0 N–H and O–H groups in total. The molecule has 0 saturated carbocycles. The molecule has 0 radical (unpaired) electrons. The van der Waals surface area contributed by atoms with Crippen LogP contribution in [0.25, 0.3) is 0 Å². The number of halogens is 1. The van der Waals surface area contributed by atoms with Gasteiger partial charge in [0.05, 0.1) is 6.54 Å². The van der Waals surface area contributed by atoms with Crippen LogP contribution >= 0.6 is 15.9 Å². The molecular weight excluding hydrogens is 318 g/mol. The second-order valence-corrected chi connectivity index (χ2v) is 5.53. The Hall–Kier alpha value is -1.55. The topological polar surface area (TPSA) is 31.2 Å². The SMILES string of the molecule is CCCC(=O)c1ccn(CCOc2ccc(Br)cc2)c1. The number of Topliss-reactive ketones (excluding diaryl/α,β-unsaturated/α-hetero) is 1. The second-order valence-electron chi connectivity index (χ2n) is 4.61. The fraction of sp³-hybridized carbons (Fsp3) is 0.312. The van der Waals surface area contributed by atoms with Crippen LogP contribution in [0, 0.1) is 0 Å². The first-order valence-corrected chi connectivity index (χ1v) is 7.55. The van der Waals surface area contributed by atoms with E-state index in [2.05, 4.69) is 15.9 Å². The molecule has 2 aromatic rings. The van der Waals surface area contributed by atoms with E-state index in [1.165, 1.54) is 0 Å². The molecule has 0 amide bonds. The first-order chi connectivity index (χ1) is 9.69. The summed E-state index contributed by atoms with van der Waals surface area (Å²) in [7, 11) is 0. The zero-order valence-electron chi connectivity index (χ0n) is 11.5. The number of ketones is 1. The Labute approximate surface area is 127 Å². The zero-order valence-corrected chi connectivity index (χ0v) is 13.1. The normalized spacial score (nSPS) is 10.5. The number of rotatable bonds is 7. The van der Waals surface area contributed by atoms with Crippen LogP contribution in [-0.4, -0.2) is 17.0 Å². The highest BCUT2D eigenvalue weighted by Crippen LogP contribution is 2.16. The molecule has 0 fully saturated rings. The molecule has 0 saturated heterocycles. The number of hydrogen-bond donors (Lipinski definition) is 0. The summed E-state index contributed by atoms with van der Waals surface area (Å²) in [5.74, 6) is 1.06. The van der Waals surface area contributed by atoms with Crippen LogP contribution in [0.2, 0.25) is 0 Å². The van der Waals surface area contributed by atoms with Crippen LogP contribution in [0.5, 0.6) is 5.75 Å². The summed E-state index contributed by atoms with van der Waals surface area (Å²) in [5, 5.41) is 0. The number of carbonyl (C=O) groups is 1. The second kappa shape index (κ2) is 7.29. The maximum Gasteiger partial charge on any atom is 0.164 e. The molecular formula is C16H18BrNO2. The van der Waals surface area contributed by atoms with Gasteiger partial charge in [0.2, 0.25) is 0 Å². The molecule has 0 atom stereocenters. The predicted octanol–water partition coefficient (Wildman–Crippen LogP) is 4.31. The highest BCUT2D eigenvalue weighted by Gasteiger charge is 2.06. The van der Waals surface area contributed by atoms with Gasteiger partial charge in [-0.3, -0.25) is 4.79 Å². The van der Waals surface area contributed by atoms with Crippen LogP contribution < -0.4 is 4.74 Å². The first kappa shape index (κ1) is 14.9. The van der Waals surface area contributed by atoms with E-state index in [0.29, 0.717) is 13.0 Å². The van der Waals surface area contributed by atoms with E-state index in [0.717, 1.165) is 28.8 Å². The van der Waals surface area contributed by atoms with Crippen molar-refractivity contribution in [2.45, 2.75) is 26.3 Å². The van der Waals surface area contributed by atoms with Crippen molar-refractivity contribution in [3.05, 3.63) is 52.8 Å². The van der Waals surface area contributed by atoms with Crippen molar-refractivity contribution in [3.63, 3.8) is 0 Å². The fourth-order valence-electron chi connectivity index (χ4n) is 1.92. The minimum absolute atomic E-state index is 0.208. The largest absolute Gasteiger partial charge is 0.492 e. The summed E-state index contributed by atoms with van der Waals surface area (Å²) in [6.07, 6.45) is 5.31. The molecule has 20 heavy (non-hydrogen) atoms. The average Bonchev–Trinajstić information content (AvgIpc) is 2.90. The number of nitrogens with zero attached hydrogens (tertiary/aromatic N) is 1. The van der Waals surface area contributed by atoms with E-state index in [1.807, 2.05) is 54.2 Å². The van der Waals surface area contributed by atoms with Gasteiger partial charge >= 0.3 is 0 Å². The molecule has 0 unspecified atom stereocenters. The molecule has 1 aromatic heterocycles. The molecule has 0 aliphatic heterocycles. The standard InChI is InChI=1S/C16H18BrNO2/c1-2-3-16(19)13-8-9-18(12-13)10-11-20-15-6-4-14(17)5-7-15/h4-9,12H,2-3,10-11H2,1H3. The molecule has 4 heteroatoms. The minimum atomic E-state index is 0.208. The van der Waals surface area contributed by atoms with E-state index >= 15 is 0 Å². The van der Waals surface area contributed by atoms with Crippen molar-refractivity contribution < 1.29 is 9.53 Å². The highest BCUT2D eigenvalue weighted by molar-refractivity contribution is 9.10. The number of carbonyl (C=O) groups excluding carboxylic acids is 1. The van der Waals surface area contributed by atoms with Crippen LogP contribution in [0.4, 0.5) is 0 Å². The maximum absolute atomic E-state index is 11.7. The lowest BCUT2D eigenvalue weighted by Crippen LogP contribution is -2.06. The van der Waals surface area contributed by atoms with Gasteiger partial charge in [0.1, 0.15) is 12.4 Å². The van der Waals surface area contributed by atoms with Gasteiger partial charge in [0.25, 0.3) is 0 Å². The summed E-state index contributed by atoms with van der Waals surface area (Å²) in [6, 6.07) is 9.63. The third-order valence-corrected chi connectivity index (χ3v) is 3.51. The van der Waals surface area contributed by atoms with Crippen molar-refractivity contribution in [1.82, 2.24) is 4.57 Å². The number of benzene rings is 1. The van der Waals surface area contributed by atoms with E-state index in [9.17, 15) is 4.79 Å². The summed E-state index contributed by atoms with van der Waals surface area (Å²) in [6.45, 7) is 3.33. The Bertz CT molecular complexity index is 560. The molecule has 0 bridgehead atoms. The average molecular weight is 336 g/mol. The Morgan fingerprint density at radius 2 is 2.00 bits per heavy atom. The van der Waals surface area contributed by atoms with Crippen molar-refractivity contribution in [1.29, 1.82) is 0 Å². The van der Waals surface area contributed by atoms with Crippen molar-refractivity contribution >= 4 is 21.7 Å².